The largest absolute Gasteiger partial charge is 0.432 e. The highest BCUT2D eigenvalue weighted by atomic mass is 16.4. The third-order valence-electron chi connectivity index (χ3n) is 4.49. The Morgan fingerprint density at radius 3 is 2.70 bits per heavy atom. The first-order valence-corrected chi connectivity index (χ1v) is 7.92. The Bertz CT molecular complexity index is 406. The van der Waals surface area contributed by atoms with Gasteiger partial charge >= 0.3 is 0 Å². The number of oxazole rings is 1. The predicted molar refractivity (Wildman–Crippen MR) is 82.9 cm³/mol. The van der Waals surface area contributed by atoms with Gasteiger partial charge in [0, 0.05) is 19.6 Å². The molecule has 0 atom stereocenters. The van der Waals surface area contributed by atoms with Gasteiger partial charge in [-0.1, -0.05) is 34.1 Å². The van der Waals surface area contributed by atoms with E-state index in [2.05, 4.69) is 42.9 Å². The van der Waals surface area contributed by atoms with Gasteiger partial charge in [0.05, 0.1) is 5.69 Å². The van der Waals surface area contributed by atoms with Gasteiger partial charge in [-0.05, 0) is 30.7 Å². The second-order valence-electron chi connectivity index (χ2n) is 6.80. The van der Waals surface area contributed by atoms with Crippen LogP contribution in [-0.2, 0) is 6.54 Å². The van der Waals surface area contributed by atoms with Crippen LogP contribution in [0.5, 0.6) is 0 Å². The fraction of sp³-hybridized carbons (Fsp3) is 0.812. The molecular weight excluding hydrogens is 250 g/mol. The van der Waals surface area contributed by atoms with Crippen molar-refractivity contribution in [3.8, 4) is 0 Å². The Labute approximate surface area is 122 Å². The van der Waals surface area contributed by atoms with E-state index in [0.717, 1.165) is 37.9 Å². The van der Waals surface area contributed by atoms with Crippen LogP contribution in [0.1, 0.15) is 52.7 Å². The van der Waals surface area contributed by atoms with Gasteiger partial charge in [-0.25, -0.2) is 0 Å². The van der Waals surface area contributed by atoms with Gasteiger partial charge in [-0.3, -0.25) is 0 Å². The van der Waals surface area contributed by atoms with E-state index < -0.39 is 0 Å². The van der Waals surface area contributed by atoms with E-state index in [1.165, 1.54) is 19.3 Å². The fourth-order valence-corrected chi connectivity index (χ4v) is 2.60. The molecule has 0 saturated carbocycles. The smallest absolute Gasteiger partial charge is 0.297 e. The number of hydrogen-bond acceptors (Lipinski definition) is 4. The molecule has 4 nitrogen and oxygen atoms in total. The molecule has 2 rings (SSSR count). The molecule has 1 fully saturated rings. The summed E-state index contributed by atoms with van der Waals surface area (Å²) < 4.78 is 5.64. The molecule has 1 aliphatic rings. The topological polar surface area (TPSA) is 41.3 Å². The van der Waals surface area contributed by atoms with E-state index in [1.807, 2.05) is 0 Å². The molecular formula is C16H29N3O. The van der Waals surface area contributed by atoms with Crippen LogP contribution in [0.3, 0.4) is 0 Å². The maximum absolute atomic E-state index is 5.64. The van der Waals surface area contributed by atoms with E-state index in [0.29, 0.717) is 11.3 Å². The van der Waals surface area contributed by atoms with Crippen molar-refractivity contribution in [1.82, 2.24) is 10.3 Å². The van der Waals surface area contributed by atoms with Gasteiger partial charge in [0.15, 0.2) is 0 Å². The van der Waals surface area contributed by atoms with Crippen molar-refractivity contribution < 1.29 is 4.42 Å². The Balaban J connectivity index is 1.84. The zero-order valence-electron chi connectivity index (χ0n) is 13.4. The van der Waals surface area contributed by atoms with Crippen LogP contribution < -0.4 is 10.2 Å². The van der Waals surface area contributed by atoms with Crippen molar-refractivity contribution in [3.05, 3.63) is 12.0 Å². The zero-order chi connectivity index (χ0) is 14.6. The molecule has 2 heterocycles. The number of hydrogen-bond donors (Lipinski definition) is 1. The minimum absolute atomic E-state index is 0.505. The molecule has 0 aliphatic carbocycles. The summed E-state index contributed by atoms with van der Waals surface area (Å²) in [6, 6.07) is 0.796. The lowest BCUT2D eigenvalue weighted by atomic mass is 9.78. The summed E-state index contributed by atoms with van der Waals surface area (Å²) in [6.07, 6.45) is 5.51. The van der Waals surface area contributed by atoms with E-state index >= 15 is 0 Å². The van der Waals surface area contributed by atoms with Crippen LogP contribution in [0.4, 0.5) is 6.01 Å². The second kappa shape index (κ2) is 6.61. The van der Waals surface area contributed by atoms with E-state index in [-0.39, 0.29) is 0 Å². The van der Waals surface area contributed by atoms with Gasteiger partial charge in [0.25, 0.3) is 6.01 Å². The Kier molecular flexibility index (Phi) is 5.08. The molecule has 1 saturated heterocycles. The van der Waals surface area contributed by atoms with Gasteiger partial charge in [0.1, 0.15) is 6.26 Å². The molecule has 1 aromatic rings. The quantitative estimate of drug-likeness (QED) is 0.866. The molecule has 4 heteroatoms. The number of piperidine rings is 1. The summed E-state index contributed by atoms with van der Waals surface area (Å²) >= 11 is 0. The Hall–Kier alpha value is -1.03. The van der Waals surface area contributed by atoms with Crippen molar-refractivity contribution in [2.75, 3.05) is 24.5 Å². The van der Waals surface area contributed by atoms with Crippen LogP contribution in [0.25, 0.3) is 0 Å². The van der Waals surface area contributed by atoms with Crippen molar-refractivity contribution >= 4 is 6.01 Å². The monoisotopic (exact) mass is 279 g/mol. The fourth-order valence-electron chi connectivity index (χ4n) is 2.60. The van der Waals surface area contributed by atoms with Crippen LogP contribution in [-0.4, -0.2) is 24.6 Å². The Morgan fingerprint density at radius 1 is 1.40 bits per heavy atom. The van der Waals surface area contributed by atoms with Gasteiger partial charge in [-0.2, -0.15) is 4.98 Å². The zero-order valence-corrected chi connectivity index (χ0v) is 13.4. The van der Waals surface area contributed by atoms with Crippen LogP contribution in [0.15, 0.2) is 10.7 Å². The average molecular weight is 279 g/mol. The lowest BCUT2D eigenvalue weighted by molar-refractivity contribution is 0.233. The minimum atomic E-state index is 0.505. The highest BCUT2D eigenvalue weighted by Gasteiger charge is 2.29. The molecule has 0 amide bonds. The normalized spacial score (nSPS) is 18.8. The molecule has 0 spiro atoms. The first kappa shape index (κ1) is 15.4. The molecule has 114 valence electrons. The Morgan fingerprint density at radius 2 is 2.10 bits per heavy atom. The van der Waals surface area contributed by atoms with Crippen LogP contribution in [0.2, 0.25) is 0 Å². The molecule has 1 aliphatic heterocycles. The lowest BCUT2D eigenvalue weighted by Gasteiger charge is -2.38. The number of aromatic nitrogens is 1. The summed E-state index contributed by atoms with van der Waals surface area (Å²) in [5.74, 6) is 0.662. The summed E-state index contributed by atoms with van der Waals surface area (Å²) in [5.41, 5.74) is 1.51. The van der Waals surface area contributed by atoms with Crippen molar-refractivity contribution in [2.24, 2.45) is 11.3 Å². The SMILES string of the molecule is CCC1(C)CCN(c2nc(CNCC(C)C)co2)CC1. The van der Waals surface area contributed by atoms with E-state index in [9.17, 15) is 0 Å². The van der Waals surface area contributed by atoms with Gasteiger partial charge in [0.2, 0.25) is 0 Å². The first-order chi connectivity index (χ1) is 9.52. The number of anilines is 1. The molecule has 1 N–H and O–H groups in total. The second-order valence-corrected chi connectivity index (χ2v) is 6.80. The molecule has 20 heavy (non-hydrogen) atoms. The van der Waals surface area contributed by atoms with Crippen LogP contribution >= 0.6 is 0 Å². The third kappa shape index (κ3) is 3.98. The van der Waals surface area contributed by atoms with Crippen molar-refractivity contribution in [3.63, 3.8) is 0 Å². The highest BCUT2D eigenvalue weighted by Crippen LogP contribution is 2.35. The maximum atomic E-state index is 5.64. The van der Waals surface area contributed by atoms with Crippen LogP contribution in [0, 0.1) is 11.3 Å². The molecule has 0 bridgehead atoms. The highest BCUT2D eigenvalue weighted by molar-refractivity contribution is 5.28. The van der Waals surface area contributed by atoms with Gasteiger partial charge in [-0.15, -0.1) is 0 Å². The number of nitrogens with zero attached hydrogens (tertiary/aromatic N) is 2. The molecule has 0 aromatic carbocycles. The van der Waals surface area contributed by atoms with E-state index in [4.69, 9.17) is 4.42 Å². The maximum Gasteiger partial charge on any atom is 0.297 e. The first-order valence-electron chi connectivity index (χ1n) is 7.92. The average Bonchev–Trinajstić information content (AvgIpc) is 2.88. The van der Waals surface area contributed by atoms with Crippen molar-refractivity contribution in [2.45, 2.75) is 53.5 Å². The predicted octanol–water partition coefficient (Wildman–Crippen LogP) is 3.44. The summed E-state index contributed by atoms with van der Waals surface area (Å²) in [7, 11) is 0. The minimum Gasteiger partial charge on any atom is -0.432 e. The summed E-state index contributed by atoms with van der Waals surface area (Å²) in [4.78, 5) is 6.88. The van der Waals surface area contributed by atoms with Crippen molar-refractivity contribution in [1.29, 1.82) is 0 Å². The standard InChI is InChI=1S/C16H29N3O/c1-5-16(4)6-8-19(9-7-16)15-18-14(12-20-15)11-17-10-13(2)3/h12-13,17H,5-11H2,1-4H3. The summed E-state index contributed by atoms with van der Waals surface area (Å²) in [6.45, 7) is 13.0. The third-order valence-corrected chi connectivity index (χ3v) is 4.49. The lowest BCUT2D eigenvalue weighted by Crippen LogP contribution is -2.38. The van der Waals surface area contributed by atoms with Gasteiger partial charge < -0.3 is 14.6 Å². The molecule has 1 aromatic heterocycles. The summed E-state index contributed by atoms with van der Waals surface area (Å²) in [5, 5.41) is 3.40. The molecule has 0 radical (unpaired) electrons. The van der Waals surface area contributed by atoms with E-state index in [1.54, 1.807) is 6.26 Å². The number of rotatable bonds is 6. The number of nitrogens with one attached hydrogen (secondary N) is 1. The molecule has 0 unspecified atom stereocenters.